The molecule has 0 fully saturated rings. The number of rotatable bonds is 8. The first-order valence-corrected chi connectivity index (χ1v) is 8.72. The zero-order chi connectivity index (χ0) is 18.9. The second kappa shape index (κ2) is 9.47. The van der Waals surface area contributed by atoms with Crippen molar-refractivity contribution < 1.29 is 9.53 Å². The monoisotopic (exact) mass is 351 g/mol. The molecule has 0 heterocycles. The van der Waals surface area contributed by atoms with E-state index in [2.05, 4.69) is 16.3 Å². The topological polar surface area (TPSA) is 65.4 Å². The molecule has 0 aliphatic rings. The first kappa shape index (κ1) is 19.3. The number of para-hydroxylation sites is 2. The molecule has 0 saturated heterocycles. The van der Waals surface area contributed by atoms with Gasteiger partial charge in [-0.15, -0.1) is 0 Å². The number of hydrogen-bond acceptors (Lipinski definition) is 4. The summed E-state index contributed by atoms with van der Waals surface area (Å²) in [4.78, 5) is 14.6. The quantitative estimate of drug-likeness (QED) is 0.793. The third kappa shape index (κ3) is 5.25. The van der Waals surface area contributed by atoms with Gasteiger partial charge in [-0.2, -0.15) is 5.26 Å². The normalized spacial score (nSPS) is 11.5. The average molecular weight is 351 g/mol. The van der Waals surface area contributed by atoms with E-state index in [1.165, 1.54) is 0 Å². The van der Waals surface area contributed by atoms with Crippen molar-refractivity contribution in [3.63, 3.8) is 0 Å². The molecular weight excluding hydrogens is 326 g/mol. The summed E-state index contributed by atoms with van der Waals surface area (Å²) in [5.74, 6) is 0.244. The van der Waals surface area contributed by atoms with Crippen LogP contribution in [0.1, 0.15) is 19.4 Å². The Hall–Kier alpha value is -3.00. The number of carbonyl (C=O) groups is 1. The van der Waals surface area contributed by atoms with Crippen LogP contribution >= 0.6 is 0 Å². The molecule has 26 heavy (non-hydrogen) atoms. The molecule has 0 bridgehead atoms. The summed E-state index contributed by atoms with van der Waals surface area (Å²) in [6.07, 6.45) is -0.647. The fourth-order valence-electron chi connectivity index (χ4n) is 2.55. The summed E-state index contributed by atoms with van der Waals surface area (Å²) in [5, 5.41) is 12.1. The van der Waals surface area contributed by atoms with Gasteiger partial charge in [0.25, 0.3) is 5.91 Å². The van der Waals surface area contributed by atoms with Gasteiger partial charge in [0.2, 0.25) is 0 Å². The Morgan fingerprint density at radius 2 is 1.81 bits per heavy atom. The van der Waals surface area contributed by atoms with Gasteiger partial charge in [0, 0.05) is 25.8 Å². The van der Waals surface area contributed by atoms with Crippen LogP contribution < -0.4 is 15.0 Å². The third-order valence-electron chi connectivity index (χ3n) is 4.07. The van der Waals surface area contributed by atoms with Gasteiger partial charge in [0.15, 0.2) is 6.10 Å². The molecule has 136 valence electrons. The molecule has 1 N–H and O–H groups in total. The Kier molecular flexibility index (Phi) is 7.04. The number of carbonyl (C=O) groups excluding carboxylic acids is 1. The molecule has 2 aromatic rings. The molecule has 0 aliphatic carbocycles. The predicted octanol–water partition coefficient (Wildman–Crippen LogP) is 3.21. The Morgan fingerprint density at radius 1 is 1.15 bits per heavy atom. The van der Waals surface area contributed by atoms with E-state index in [4.69, 9.17) is 4.74 Å². The van der Waals surface area contributed by atoms with Crippen molar-refractivity contribution in [1.29, 1.82) is 5.26 Å². The molecule has 0 aromatic heterocycles. The molecule has 5 nitrogen and oxygen atoms in total. The Morgan fingerprint density at radius 3 is 2.46 bits per heavy atom. The minimum Gasteiger partial charge on any atom is -0.479 e. The minimum atomic E-state index is -0.647. The average Bonchev–Trinajstić information content (AvgIpc) is 2.66. The number of likely N-dealkylation sites (N-methyl/N-ethyl adjacent to an activating group) is 1. The fourth-order valence-corrected chi connectivity index (χ4v) is 2.55. The van der Waals surface area contributed by atoms with Crippen molar-refractivity contribution in [1.82, 2.24) is 5.32 Å². The van der Waals surface area contributed by atoms with Crippen LogP contribution in [-0.4, -0.2) is 32.1 Å². The van der Waals surface area contributed by atoms with Crippen LogP contribution in [0, 0.1) is 17.2 Å². The fraction of sp³-hybridized carbons (Fsp3) is 0.333. The smallest absolute Gasteiger partial charge is 0.261 e. The van der Waals surface area contributed by atoms with Crippen LogP contribution in [0.15, 0.2) is 54.6 Å². The zero-order valence-corrected chi connectivity index (χ0v) is 15.5. The summed E-state index contributed by atoms with van der Waals surface area (Å²) in [5.41, 5.74) is 1.52. The largest absolute Gasteiger partial charge is 0.479 e. The summed E-state index contributed by atoms with van der Waals surface area (Å²) in [6, 6.07) is 19.1. The Bertz CT molecular complexity index is 753. The molecule has 2 aromatic carbocycles. The van der Waals surface area contributed by atoms with E-state index in [1.807, 2.05) is 51.2 Å². The highest BCUT2D eigenvalue weighted by Gasteiger charge is 2.25. The summed E-state index contributed by atoms with van der Waals surface area (Å²) >= 11 is 0. The van der Waals surface area contributed by atoms with Crippen molar-refractivity contribution in [3.8, 4) is 11.8 Å². The maximum atomic E-state index is 12.6. The summed E-state index contributed by atoms with van der Waals surface area (Å²) in [7, 11) is 1.99. The number of ether oxygens (including phenoxy) is 1. The van der Waals surface area contributed by atoms with Gasteiger partial charge in [-0.3, -0.25) is 4.79 Å². The van der Waals surface area contributed by atoms with E-state index in [0.717, 1.165) is 5.69 Å². The van der Waals surface area contributed by atoms with Crippen LogP contribution in [0.2, 0.25) is 0 Å². The first-order valence-electron chi connectivity index (χ1n) is 8.72. The van der Waals surface area contributed by atoms with Crippen LogP contribution in [0.4, 0.5) is 5.69 Å². The van der Waals surface area contributed by atoms with E-state index < -0.39 is 6.10 Å². The van der Waals surface area contributed by atoms with Crippen molar-refractivity contribution in [2.75, 3.05) is 25.0 Å². The first-order chi connectivity index (χ1) is 12.5. The number of nitriles is 1. The zero-order valence-electron chi connectivity index (χ0n) is 15.5. The molecule has 0 aliphatic heterocycles. The highest BCUT2D eigenvalue weighted by molar-refractivity contribution is 5.81. The Balaban J connectivity index is 1.93. The SMILES string of the molecule is CC(C)C(Oc1ccccc1C#N)C(=O)NCCN(C)c1ccccc1. The second-order valence-electron chi connectivity index (χ2n) is 6.44. The second-order valence-corrected chi connectivity index (χ2v) is 6.44. The van der Waals surface area contributed by atoms with Crippen molar-refractivity contribution >= 4 is 11.6 Å². The molecule has 0 spiro atoms. The van der Waals surface area contributed by atoms with Crippen LogP contribution in [0.25, 0.3) is 0 Å². The molecule has 1 amide bonds. The van der Waals surface area contributed by atoms with Crippen molar-refractivity contribution in [2.24, 2.45) is 5.92 Å². The van der Waals surface area contributed by atoms with Crippen LogP contribution in [-0.2, 0) is 4.79 Å². The number of amides is 1. The lowest BCUT2D eigenvalue weighted by Crippen LogP contribution is -2.44. The maximum absolute atomic E-state index is 12.6. The lowest BCUT2D eigenvalue weighted by atomic mass is 10.1. The van der Waals surface area contributed by atoms with Crippen molar-refractivity contribution in [2.45, 2.75) is 20.0 Å². The standard InChI is InChI=1S/C21H25N3O2/c1-16(2)20(26-19-12-8-7-9-17(19)15-22)21(25)23-13-14-24(3)18-10-5-4-6-11-18/h4-12,16,20H,13-14H2,1-3H3,(H,23,25). The van der Waals surface area contributed by atoms with Gasteiger partial charge < -0.3 is 15.0 Å². The van der Waals surface area contributed by atoms with E-state index in [1.54, 1.807) is 24.3 Å². The maximum Gasteiger partial charge on any atom is 0.261 e. The van der Waals surface area contributed by atoms with Gasteiger partial charge in [-0.05, 0) is 30.2 Å². The number of benzene rings is 2. The highest BCUT2D eigenvalue weighted by atomic mass is 16.5. The Labute approximate surface area is 155 Å². The van der Waals surface area contributed by atoms with E-state index in [9.17, 15) is 10.1 Å². The third-order valence-corrected chi connectivity index (χ3v) is 4.07. The molecule has 2 rings (SSSR count). The van der Waals surface area contributed by atoms with E-state index in [-0.39, 0.29) is 11.8 Å². The van der Waals surface area contributed by atoms with Crippen molar-refractivity contribution in [3.05, 3.63) is 60.2 Å². The highest BCUT2D eigenvalue weighted by Crippen LogP contribution is 2.20. The number of nitrogens with one attached hydrogen (secondary N) is 1. The number of hydrogen-bond donors (Lipinski definition) is 1. The van der Waals surface area contributed by atoms with Crippen LogP contribution in [0.5, 0.6) is 5.75 Å². The summed E-state index contributed by atoms with van der Waals surface area (Å²) in [6.45, 7) is 5.05. The van der Waals surface area contributed by atoms with Crippen LogP contribution in [0.3, 0.4) is 0 Å². The molecular formula is C21H25N3O2. The lowest BCUT2D eigenvalue weighted by molar-refractivity contribution is -0.129. The van der Waals surface area contributed by atoms with Gasteiger partial charge in [0.05, 0.1) is 5.56 Å². The van der Waals surface area contributed by atoms with Gasteiger partial charge in [-0.25, -0.2) is 0 Å². The molecule has 5 heteroatoms. The summed E-state index contributed by atoms with van der Waals surface area (Å²) < 4.78 is 5.85. The number of anilines is 1. The van der Waals surface area contributed by atoms with Gasteiger partial charge in [0.1, 0.15) is 11.8 Å². The van der Waals surface area contributed by atoms with E-state index in [0.29, 0.717) is 24.4 Å². The number of nitrogens with zero attached hydrogens (tertiary/aromatic N) is 2. The van der Waals surface area contributed by atoms with Gasteiger partial charge in [-0.1, -0.05) is 44.2 Å². The lowest BCUT2D eigenvalue weighted by Gasteiger charge is -2.24. The predicted molar refractivity (Wildman–Crippen MR) is 103 cm³/mol. The van der Waals surface area contributed by atoms with Gasteiger partial charge >= 0.3 is 0 Å². The van der Waals surface area contributed by atoms with E-state index >= 15 is 0 Å². The molecule has 1 atom stereocenters. The molecule has 0 saturated carbocycles. The molecule has 1 unspecified atom stereocenters. The molecule has 0 radical (unpaired) electrons. The minimum absolute atomic E-state index is 0.0198.